The van der Waals surface area contributed by atoms with Gasteiger partial charge in [0.1, 0.15) is 0 Å². The van der Waals surface area contributed by atoms with Gasteiger partial charge in [-0.05, 0) is 69.7 Å². The Morgan fingerprint density at radius 3 is 2.34 bits per heavy atom. The Hall–Kier alpha value is -1.98. The standard InChI is InChI=1S/C24H36N2O7S2/c1-5-19(4)26(21-10-13-34(29,30)16-21)23(27)15-33-24(28)20-8-11-25(12-9-20)35(31,32)22-7-6-17(2)18(3)14-22/h6-7,14,19-21H,5,8-13,15-16H2,1-4H3/t19-,21+/m0/s1. The number of hydrogen-bond acceptors (Lipinski definition) is 7. The third kappa shape index (κ3) is 6.42. The Bertz CT molecular complexity index is 1160. The highest BCUT2D eigenvalue weighted by Crippen LogP contribution is 2.26. The minimum Gasteiger partial charge on any atom is -0.455 e. The molecule has 196 valence electrons. The highest BCUT2D eigenvalue weighted by atomic mass is 32.2. The second kappa shape index (κ2) is 11.0. The third-order valence-corrected chi connectivity index (χ3v) is 10.8. The second-order valence-corrected chi connectivity index (χ2v) is 13.8. The first-order valence-electron chi connectivity index (χ1n) is 12.1. The number of piperidine rings is 1. The van der Waals surface area contributed by atoms with Gasteiger partial charge >= 0.3 is 5.97 Å². The molecular weight excluding hydrogens is 492 g/mol. The summed E-state index contributed by atoms with van der Waals surface area (Å²) in [4.78, 5) is 27.3. The van der Waals surface area contributed by atoms with E-state index in [1.54, 1.807) is 23.1 Å². The number of sulfonamides is 1. The highest BCUT2D eigenvalue weighted by molar-refractivity contribution is 7.91. The van der Waals surface area contributed by atoms with E-state index in [2.05, 4.69) is 0 Å². The van der Waals surface area contributed by atoms with E-state index in [9.17, 15) is 26.4 Å². The van der Waals surface area contributed by atoms with Crippen molar-refractivity contribution in [2.75, 3.05) is 31.2 Å². The monoisotopic (exact) mass is 528 g/mol. The fraction of sp³-hybridized carbons (Fsp3) is 0.667. The summed E-state index contributed by atoms with van der Waals surface area (Å²) in [5.74, 6) is -1.42. The van der Waals surface area contributed by atoms with Crippen molar-refractivity contribution in [2.45, 2.75) is 70.4 Å². The van der Waals surface area contributed by atoms with Crippen molar-refractivity contribution >= 4 is 31.7 Å². The van der Waals surface area contributed by atoms with E-state index in [0.29, 0.717) is 25.7 Å². The molecule has 1 aromatic carbocycles. The number of hydrogen-bond donors (Lipinski definition) is 0. The lowest BCUT2D eigenvalue weighted by Crippen LogP contribution is -2.48. The van der Waals surface area contributed by atoms with Crippen LogP contribution in [0.25, 0.3) is 0 Å². The van der Waals surface area contributed by atoms with Crippen LogP contribution >= 0.6 is 0 Å². The maximum Gasteiger partial charge on any atom is 0.309 e. The smallest absolute Gasteiger partial charge is 0.309 e. The summed E-state index contributed by atoms with van der Waals surface area (Å²) < 4.78 is 56.5. The first kappa shape index (κ1) is 27.6. The van der Waals surface area contributed by atoms with Gasteiger partial charge in [-0.2, -0.15) is 4.31 Å². The lowest BCUT2D eigenvalue weighted by molar-refractivity contribution is -0.158. The summed E-state index contributed by atoms with van der Waals surface area (Å²) in [5, 5.41) is 0. The molecule has 0 unspecified atom stereocenters. The molecule has 3 rings (SSSR count). The van der Waals surface area contributed by atoms with Crippen LogP contribution in [0.4, 0.5) is 0 Å². The fourth-order valence-electron chi connectivity index (χ4n) is 4.68. The van der Waals surface area contributed by atoms with Crippen molar-refractivity contribution in [2.24, 2.45) is 5.92 Å². The molecule has 1 amide bonds. The molecule has 1 aromatic rings. The number of nitrogens with zero attached hydrogens (tertiary/aromatic N) is 2. The van der Waals surface area contributed by atoms with Crippen molar-refractivity contribution in [1.82, 2.24) is 9.21 Å². The van der Waals surface area contributed by atoms with Gasteiger partial charge in [0.2, 0.25) is 10.0 Å². The molecule has 35 heavy (non-hydrogen) atoms. The molecule has 2 saturated heterocycles. The first-order valence-corrected chi connectivity index (χ1v) is 15.4. The van der Waals surface area contributed by atoms with E-state index >= 15 is 0 Å². The number of amides is 1. The summed E-state index contributed by atoms with van der Waals surface area (Å²) in [5.41, 5.74) is 1.91. The van der Waals surface area contributed by atoms with E-state index in [0.717, 1.165) is 11.1 Å². The van der Waals surface area contributed by atoms with Crippen LogP contribution in [-0.2, 0) is 34.2 Å². The van der Waals surface area contributed by atoms with Gasteiger partial charge < -0.3 is 9.64 Å². The summed E-state index contributed by atoms with van der Waals surface area (Å²) in [6.07, 6.45) is 1.67. The molecule has 0 aliphatic carbocycles. The average Bonchev–Trinajstić information content (AvgIpc) is 3.18. The normalized spacial score (nSPS) is 22.0. The minimum absolute atomic E-state index is 0.0569. The van der Waals surface area contributed by atoms with Crippen LogP contribution in [0.3, 0.4) is 0 Å². The molecular formula is C24H36N2O7S2. The predicted octanol–water partition coefficient (Wildman–Crippen LogP) is 2.06. The van der Waals surface area contributed by atoms with Crippen LogP contribution in [-0.4, -0.2) is 81.2 Å². The number of ether oxygens (including phenoxy) is 1. The lowest BCUT2D eigenvalue weighted by Gasteiger charge is -2.34. The number of esters is 1. The van der Waals surface area contributed by atoms with Gasteiger partial charge in [-0.1, -0.05) is 13.0 Å². The molecule has 0 bridgehead atoms. The minimum atomic E-state index is -3.65. The maximum atomic E-state index is 13.0. The Balaban J connectivity index is 1.55. The van der Waals surface area contributed by atoms with Gasteiger partial charge in [-0.3, -0.25) is 9.59 Å². The van der Waals surface area contributed by atoms with E-state index in [1.807, 2.05) is 27.7 Å². The predicted molar refractivity (Wildman–Crippen MR) is 132 cm³/mol. The first-order chi connectivity index (χ1) is 16.4. The summed E-state index contributed by atoms with van der Waals surface area (Å²) in [6, 6.07) is 4.48. The van der Waals surface area contributed by atoms with E-state index in [-0.39, 0.29) is 35.5 Å². The Morgan fingerprint density at radius 2 is 1.80 bits per heavy atom. The van der Waals surface area contributed by atoms with Crippen molar-refractivity contribution in [1.29, 1.82) is 0 Å². The summed E-state index contributed by atoms with van der Waals surface area (Å²) >= 11 is 0. The van der Waals surface area contributed by atoms with Gasteiger partial charge in [-0.25, -0.2) is 16.8 Å². The van der Waals surface area contributed by atoms with Crippen LogP contribution in [0.5, 0.6) is 0 Å². The van der Waals surface area contributed by atoms with Gasteiger partial charge in [-0.15, -0.1) is 0 Å². The molecule has 0 spiro atoms. The third-order valence-electron chi connectivity index (χ3n) is 7.20. The SMILES string of the molecule is CC[C@H](C)N(C(=O)COC(=O)C1CCN(S(=O)(=O)c2ccc(C)c(C)c2)CC1)[C@@H]1CCS(=O)(=O)C1. The zero-order valence-corrected chi connectivity index (χ0v) is 22.5. The molecule has 2 atom stereocenters. The van der Waals surface area contributed by atoms with Gasteiger partial charge in [0.25, 0.3) is 5.91 Å². The number of rotatable bonds is 8. The number of carbonyl (C=O) groups is 2. The number of aryl methyl sites for hydroxylation is 2. The van der Waals surface area contributed by atoms with Crippen LogP contribution in [0.15, 0.2) is 23.1 Å². The molecule has 11 heteroatoms. The molecule has 0 radical (unpaired) electrons. The zero-order chi connectivity index (χ0) is 26.0. The van der Waals surface area contributed by atoms with Crippen molar-refractivity contribution in [3.8, 4) is 0 Å². The summed E-state index contributed by atoms with van der Waals surface area (Å²) in [6.45, 7) is 7.51. The molecule has 2 heterocycles. The van der Waals surface area contributed by atoms with Crippen LogP contribution in [0.1, 0.15) is 50.7 Å². The number of sulfone groups is 1. The van der Waals surface area contributed by atoms with Crippen LogP contribution in [0, 0.1) is 19.8 Å². The van der Waals surface area contributed by atoms with Crippen molar-refractivity contribution in [3.05, 3.63) is 29.3 Å². The van der Waals surface area contributed by atoms with Crippen molar-refractivity contribution < 1.29 is 31.2 Å². The molecule has 0 aromatic heterocycles. The Morgan fingerprint density at radius 1 is 1.14 bits per heavy atom. The fourth-order valence-corrected chi connectivity index (χ4v) is 7.95. The molecule has 2 aliphatic heterocycles. The van der Waals surface area contributed by atoms with E-state index < -0.39 is 50.3 Å². The Labute approximate surface area is 208 Å². The highest BCUT2D eigenvalue weighted by Gasteiger charge is 2.38. The van der Waals surface area contributed by atoms with Crippen molar-refractivity contribution in [3.63, 3.8) is 0 Å². The maximum absolute atomic E-state index is 13.0. The van der Waals surface area contributed by atoms with Crippen LogP contribution in [0.2, 0.25) is 0 Å². The molecule has 9 nitrogen and oxygen atoms in total. The van der Waals surface area contributed by atoms with Gasteiger partial charge in [0.05, 0.1) is 22.3 Å². The van der Waals surface area contributed by atoms with Gasteiger partial charge in [0.15, 0.2) is 16.4 Å². The molecule has 2 fully saturated rings. The topological polar surface area (TPSA) is 118 Å². The van der Waals surface area contributed by atoms with E-state index in [4.69, 9.17) is 4.74 Å². The average molecular weight is 529 g/mol. The zero-order valence-electron chi connectivity index (χ0n) is 20.9. The Kier molecular flexibility index (Phi) is 8.64. The second-order valence-electron chi connectivity index (χ2n) is 9.65. The quantitative estimate of drug-likeness (QED) is 0.474. The number of benzene rings is 1. The van der Waals surface area contributed by atoms with Crippen LogP contribution < -0.4 is 0 Å². The molecule has 0 saturated carbocycles. The number of carbonyl (C=O) groups excluding carboxylic acids is 2. The van der Waals surface area contributed by atoms with Gasteiger partial charge in [0, 0.05) is 25.2 Å². The lowest BCUT2D eigenvalue weighted by atomic mass is 9.98. The summed E-state index contributed by atoms with van der Waals surface area (Å²) in [7, 11) is -6.81. The molecule has 2 aliphatic rings. The largest absolute Gasteiger partial charge is 0.455 e. The molecule has 0 N–H and O–H groups in total. The van der Waals surface area contributed by atoms with E-state index in [1.165, 1.54) is 4.31 Å².